The molecule has 0 aliphatic heterocycles. The molecule has 4 N–H and O–H groups in total. The van der Waals surface area contributed by atoms with E-state index >= 15 is 0 Å². The Bertz CT molecular complexity index is 686. The molecule has 1 rings (SSSR count). The average molecular weight is 402 g/mol. The van der Waals surface area contributed by atoms with Crippen LogP contribution in [0.25, 0.3) is 0 Å². The summed E-state index contributed by atoms with van der Waals surface area (Å²) in [5, 5.41) is 4.62. The predicted molar refractivity (Wildman–Crippen MR) is 99.0 cm³/mol. The SMILES string of the molecule is CSCC[C@@H](NC(=O)c1ccccc1Cl)C(=O)O[C@H](C)C(=O)NC(N)=O. The van der Waals surface area contributed by atoms with Crippen molar-refractivity contribution in [2.24, 2.45) is 5.73 Å². The van der Waals surface area contributed by atoms with E-state index in [4.69, 9.17) is 22.1 Å². The van der Waals surface area contributed by atoms with Gasteiger partial charge in [-0.1, -0.05) is 23.7 Å². The number of carbonyl (C=O) groups is 4. The summed E-state index contributed by atoms with van der Waals surface area (Å²) in [4.78, 5) is 47.0. The lowest BCUT2D eigenvalue weighted by molar-refractivity contribution is -0.156. The van der Waals surface area contributed by atoms with Gasteiger partial charge in [0.25, 0.3) is 11.8 Å². The van der Waals surface area contributed by atoms with Gasteiger partial charge in [-0.05, 0) is 37.5 Å². The van der Waals surface area contributed by atoms with E-state index < -0.39 is 36.0 Å². The summed E-state index contributed by atoms with van der Waals surface area (Å²) in [5.41, 5.74) is 5.07. The molecular formula is C16H20ClN3O5S. The first kappa shape index (κ1) is 21.8. The van der Waals surface area contributed by atoms with Gasteiger partial charge in [-0.25, -0.2) is 9.59 Å². The van der Waals surface area contributed by atoms with Gasteiger partial charge in [-0.2, -0.15) is 11.8 Å². The standard InChI is InChI=1S/C16H20ClN3O5S/c1-9(13(21)20-16(18)24)25-15(23)12(7-8-26-2)19-14(22)10-5-3-4-6-11(10)17/h3-6,9,12H,7-8H2,1-2H3,(H,19,22)(H3,18,20,21,24)/t9-,12-/m1/s1. The summed E-state index contributed by atoms with van der Waals surface area (Å²) in [6.45, 7) is 1.29. The van der Waals surface area contributed by atoms with E-state index in [9.17, 15) is 19.2 Å². The largest absolute Gasteiger partial charge is 0.451 e. The van der Waals surface area contributed by atoms with Crippen molar-refractivity contribution in [3.8, 4) is 0 Å². The van der Waals surface area contributed by atoms with E-state index in [1.165, 1.54) is 24.8 Å². The minimum Gasteiger partial charge on any atom is -0.451 e. The van der Waals surface area contributed by atoms with E-state index in [1.54, 1.807) is 18.2 Å². The number of hydrogen-bond acceptors (Lipinski definition) is 6. The number of hydrogen-bond donors (Lipinski definition) is 3. The number of primary amides is 1. The number of nitrogens with one attached hydrogen (secondary N) is 2. The van der Waals surface area contributed by atoms with Crippen molar-refractivity contribution in [2.45, 2.75) is 25.5 Å². The second-order valence-electron chi connectivity index (χ2n) is 5.22. The number of rotatable bonds is 8. The molecule has 0 aliphatic rings. The molecule has 2 atom stereocenters. The number of halogens is 1. The third-order valence-electron chi connectivity index (χ3n) is 3.23. The molecule has 8 nitrogen and oxygen atoms in total. The quantitative estimate of drug-likeness (QED) is 0.563. The Kier molecular flexibility index (Phi) is 8.94. The van der Waals surface area contributed by atoms with Crippen LogP contribution < -0.4 is 16.4 Å². The highest BCUT2D eigenvalue weighted by molar-refractivity contribution is 7.98. The van der Waals surface area contributed by atoms with Gasteiger partial charge in [0.1, 0.15) is 6.04 Å². The molecular weight excluding hydrogens is 382 g/mol. The van der Waals surface area contributed by atoms with E-state index in [0.29, 0.717) is 12.2 Å². The molecule has 26 heavy (non-hydrogen) atoms. The summed E-state index contributed by atoms with van der Waals surface area (Å²) in [7, 11) is 0. The van der Waals surface area contributed by atoms with Gasteiger partial charge >= 0.3 is 12.0 Å². The van der Waals surface area contributed by atoms with Gasteiger partial charge < -0.3 is 15.8 Å². The number of ether oxygens (including phenoxy) is 1. The van der Waals surface area contributed by atoms with E-state index in [0.717, 1.165) is 0 Å². The van der Waals surface area contributed by atoms with Gasteiger partial charge in [0.05, 0.1) is 10.6 Å². The van der Waals surface area contributed by atoms with E-state index in [2.05, 4.69) is 5.32 Å². The van der Waals surface area contributed by atoms with Crippen LogP contribution in [0.15, 0.2) is 24.3 Å². The Morgan fingerprint density at radius 3 is 2.50 bits per heavy atom. The van der Waals surface area contributed by atoms with Crippen LogP contribution >= 0.6 is 23.4 Å². The summed E-state index contributed by atoms with van der Waals surface area (Å²) in [6.07, 6.45) is 0.894. The highest BCUT2D eigenvalue weighted by Gasteiger charge is 2.27. The molecule has 1 aromatic carbocycles. The summed E-state index contributed by atoms with van der Waals surface area (Å²) in [6, 6.07) is 4.38. The molecule has 0 saturated heterocycles. The Hall–Kier alpha value is -2.26. The highest BCUT2D eigenvalue weighted by Crippen LogP contribution is 2.15. The first-order valence-corrected chi connectivity index (χ1v) is 9.38. The average Bonchev–Trinajstić information content (AvgIpc) is 2.57. The Labute approximate surface area is 160 Å². The monoisotopic (exact) mass is 401 g/mol. The molecule has 0 fully saturated rings. The van der Waals surface area contributed by atoms with E-state index in [-0.39, 0.29) is 10.6 Å². The van der Waals surface area contributed by atoms with Crippen molar-refractivity contribution in [1.29, 1.82) is 0 Å². The van der Waals surface area contributed by atoms with Crippen LogP contribution in [-0.2, 0) is 14.3 Å². The smallest absolute Gasteiger partial charge is 0.329 e. The Morgan fingerprint density at radius 1 is 1.27 bits per heavy atom. The zero-order chi connectivity index (χ0) is 19.7. The van der Waals surface area contributed by atoms with E-state index in [1.807, 2.05) is 11.6 Å². The summed E-state index contributed by atoms with van der Waals surface area (Å²) in [5.74, 6) is -1.61. The number of imide groups is 1. The number of benzene rings is 1. The highest BCUT2D eigenvalue weighted by atomic mass is 35.5. The summed E-state index contributed by atoms with van der Waals surface area (Å²) < 4.78 is 5.02. The minimum atomic E-state index is -1.25. The van der Waals surface area contributed by atoms with Crippen molar-refractivity contribution in [3.05, 3.63) is 34.9 Å². The molecule has 4 amide bonds. The fourth-order valence-corrected chi connectivity index (χ4v) is 2.59. The predicted octanol–water partition coefficient (Wildman–Crippen LogP) is 1.32. The van der Waals surface area contributed by atoms with Crippen LogP contribution in [0.1, 0.15) is 23.7 Å². The molecule has 0 heterocycles. The molecule has 0 spiro atoms. The molecule has 0 unspecified atom stereocenters. The zero-order valence-corrected chi connectivity index (χ0v) is 15.9. The number of esters is 1. The lowest BCUT2D eigenvalue weighted by atomic mass is 10.1. The van der Waals surface area contributed by atoms with Crippen molar-refractivity contribution < 1.29 is 23.9 Å². The third kappa shape index (κ3) is 6.93. The molecule has 1 aromatic rings. The Balaban J connectivity index is 2.80. The first-order chi connectivity index (χ1) is 12.3. The van der Waals surface area contributed by atoms with Gasteiger partial charge in [0, 0.05) is 0 Å². The fraction of sp³-hybridized carbons (Fsp3) is 0.375. The topological polar surface area (TPSA) is 128 Å². The number of urea groups is 1. The second-order valence-corrected chi connectivity index (χ2v) is 6.61. The zero-order valence-electron chi connectivity index (χ0n) is 14.3. The number of thioether (sulfide) groups is 1. The van der Waals surface area contributed by atoms with Crippen LogP contribution in [0.3, 0.4) is 0 Å². The van der Waals surface area contributed by atoms with Crippen LogP contribution in [0.2, 0.25) is 5.02 Å². The van der Waals surface area contributed by atoms with Crippen LogP contribution in [-0.4, -0.2) is 48.0 Å². The van der Waals surface area contributed by atoms with Crippen molar-refractivity contribution in [1.82, 2.24) is 10.6 Å². The minimum absolute atomic E-state index is 0.218. The normalized spacial score (nSPS) is 12.6. The molecule has 0 saturated carbocycles. The maximum atomic E-state index is 12.4. The van der Waals surface area contributed by atoms with Crippen LogP contribution in [0.5, 0.6) is 0 Å². The van der Waals surface area contributed by atoms with Crippen LogP contribution in [0, 0.1) is 0 Å². The van der Waals surface area contributed by atoms with Crippen LogP contribution in [0.4, 0.5) is 4.79 Å². The lowest BCUT2D eigenvalue weighted by Crippen LogP contribution is -2.47. The number of carbonyl (C=O) groups excluding carboxylic acids is 4. The van der Waals surface area contributed by atoms with Crippen molar-refractivity contribution in [3.63, 3.8) is 0 Å². The number of nitrogens with two attached hydrogens (primary N) is 1. The molecule has 10 heteroatoms. The summed E-state index contributed by atoms with van der Waals surface area (Å²) >= 11 is 7.46. The van der Waals surface area contributed by atoms with Gasteiger partial charge in [0.2, 0.25) is 0 Å². The van der Waals surface area contributed by atoms with Gasteiger partial charge in [0.15, 0.2) is 6.10 Å². The fourth-order valence-electron chi connectivity index (χ4n) is 1.90. The first-order valence-electron chi connectivity index (χ1n) is 7.61. The van der Waals surface area contributed by atoms with Crippen molar-refractivity contribution >= 4 is 47.2 Å². The second kappa shape index (κ2) is 10.7. The molecule has 0 aliphatic carbocycles. The molecule has 0 radical (unpaired) electrons. The molecule has 142 valence electrons. The third-order valence-corrected chi connectivity index (χ3v) is 4.20. The van der Waals surface area contributed by atoms with Gasteiger partial charge in [-0.15, -0.1) is 0 Å². The lowest BCUT2D eigenvalue weighted by Gasteiger charge is -2.20. The molecule has 0 aromatic heterocycles. The van der Waals surface area contributed by atoms with Crippen molar-refractivity contribution in [2.75, 3.05) is 12.0 Å². The van der Waals surface area contributed by atoms with Gasteiger partial charge in [-0.3, -0.25) is 14.9 Å². The Morgan fingerprint density at radius 2 is 1.92 bits per heavy atom. The maximum Gasteiger partial charge on any atom is 0.329 e. The number of amides is 4. The maximum absolute atomic E-state index is 12.4. The molecule has 0 bridgehead atoms.